The molecule has 1 nitrogen and oxygen atoms in total. The zero-order valence-corrected chi connectivity index (χ0v) is 13.2. The summed E-state index contributed by atoms with van der Waals surface area (Å²) in [7, 11) is 0. The molecule has 1 atom stereocenters. The number of halogens is 1. The average molecular weight is 300 g/mol. The van der Waals surface area contributed by atoms with Crippen LogP contribution in [-0.2, 0) is 6.42 Å². The van der Waals surface area contributed by atoms with Crippen molar-refractivity contribution in [3.8, 4) is 0 Å². The minimum atomic E-state index is 0.478. The van der Waals surface area contributed by atoms with Gasteiger partial charge in [0.25, 0.3) is 0 Å². The lowest BCUT2D eigenvalue weighted by Gasteiger charge is -2.19. The molecule has 0 aliphatic heterocycles. The van der Waals surface area contributed by atoms with Gasteiger partial charge < -0.3 is 5.32 Å². The summed E-state index contributed by atoms with van der Waals surface area (Å²) < 4.78 is 0. The van der Waals surface area contributed by atoms with E-state index in [1.165, 1.54) is 29.5 Å². The Bertz CT molecular complexity index is 587. The Morgan fingerprint density at radius 1 is 1.10 bits per heavy atom. The maximum atomic E-state index is 6.34. The number of nitrogens with one attached hydrogen (secondary N) is 1. The second kappa shape index (κ2) is 6.64. The summed E-state index contributed by atoms with van der Waals surface area (Å²) >= 11 is 6.34. The SMILES string of the molecule is Cc1ccc(C(CNC2CC2)Cc2ccccc2Cl)cc1. The molecule has 21 heavy (non-hydrogen) atoms. The van der Waals surface area contributed by atoms with Gasteiger partial charge in [-0.05, 0) is 43.4 Å². The van der Waals surface area contributed by atoms with E-state index in [4.69, 9.17) is 11.6 Å². The molecule has 110 valence electrons. The molecule has 0 aromatic heterocycles. The second-order valence-corrected chi connectivity index (χ2v) is 6.49. The smallest absolute Gasteiger partial charge is 0.0438 e. The maximum absolute atomic E-state index is 6.34. The van der Waals surface area contributed by atoms with E-state index in [1.807, 2.05) is 12.1 Å². The van der Waals surface area contributed by atoms with Gasteiger partial charge in [0.2, 0.25) is 0 Å². The third-order valence-corrected chi connectivity index (χ3v) is 4.57. The van der Waals surface area contributed by atoms with Crippen molar-refractivity contribution in [2.45, 2.75) is 38.1 Å². The molecule has 2 heteroatoms. The fraction of sp³-hybridized carbons (Fsp3) is 0.368. The summed E-state index contributed by atoms with van der Waals surface area (Å²) in [5.41, 5.74) is 3.95. The molecular weight excluding hydrogens is 278 g/mol. The maximum Gasteiger partial charge on any atom is 0.0438 e. The van der Waals surface area contributed by atoms with E-state index in [0.29, 0.717) is 5.92 Å². The molecule has 3 rings (SSSR count). The van der Waals surface area contributed by atoms with Crippen LogP contribution in [0.15, 0.2) is 48.5 Å². The topological polar surface area (TPSA) is 12.0 Å². The van der Waals surface area contributed by atoms with Crippen LogP contribution >= 0.6 is 11.6 Å². The van der Waals surface area contributed by atoms with Gasteiger partial charge in [-0.25, -0.2) is 0 Å². The fourth-order valence-corrected chi connectivity index (χ4v) is 2.89. The quantitative estimate of drug-likeness (QED) is 0.813. The molecule has 2 aromatic rings. The molecule has 0 bridgehead atoms. The van der Waals surface area contributed by atoms with Crippen molar-refractivity contribution in [1.82, 2.24) is 5.32 Å². The molecule has 1 aliphatic rings. The van der Waals surface area contributed by atoms with Crippen LogP contribution < -0.4 is 5.32 Å². The third-order valence-electron chi connectivity index (χ3n) is 4.20. The van der Waals surface area contributed by atoms with Crippen LogP contribution in [-0.4, -0.2) is 12.6 Å². The fourth-order valence-electron chi connectivity index (χ4n) is 2.67. The second-order valence-electron chi connectivity index (χ2n) is 6.09. The van der Waals surface area contributed by atoms with Crippen LogP contribution in [0, 0.1) is 6.92 Å². The Labute approximate surface area is 132 Å². The number of benzene rings is 2. The highest BCUT2D eigenvalue weighted by Gasteiger charge is 2.23. The lowest BCUT2D eigenvalue weighted by Crippen LogP contribution is -2.25. The van der Waals surface area contributed by atoms with E-state index in [1.54, 1.807) is 0 Å². The Morgan fingerprint density at radius 3 is 2.48 bits per heavy atom. The highest BCUT2D eigenvalue weighted by Crippen LogP contribution is 2.27. The van der Waals surface area contributed by atoms with E-state index in [-0.39, 0.29) is 0 Å². The van der Waals surface area contributed by atoms with Crippen LogP contribution in [0.1, 0.15) is 35.4 Å². The van der Waals surface area contributed by atoms with Crippen molar-refractivity contribution in [2.24, 2.45) is 0 Å². The Hall–Kier alpha value is -1.31. The van der Waals surface area contributed by atoms with Gasteiger partial charge >= 0.3 is 0 Å². The van der Waals surface area contributed by atoms with E-state index < -0.39 is 0 Å². The molecule has 2 aromatic carbocycles. The van der Waals surface area contributed by atoms with Crippen molar-refractivity contribution < 1.29 is 0 Å². The standard InChI is InChI=1S/C19H22ClN/c1-14-6-8-15(9-7-14)17(13-21-18-10-11-18)12-16-4-2-3-5-19(16)20/h2-9,17-18,21H,10-13H2,1H3. The van der Waals surface area contributed by atoms with Crippen molar-refractivity contribution in [2.75, 3.05) is 6.54 Å². The predicted octanol–water partition coefficient (Wildman–Crippen LogP) is 4.73. The normalized spacial score (nSPS) is 15.9. The minimum absolute atomic E-state index is 0.478. The van der Waals surface area contributed by atoms with Gasteiger partial charge in [-0.3, -0.25) is 0 Å². The largest absolute Gasteiger partial charge is 0.313 e. The van der Waals surface area contributed by atoms with Crippen molar-refractivity contribution in [3.05, 3.63) is 70.2 Å². The number of hydrogen-bond donors (Lipinski definition) is 1. The Balaban J connectivity index is 1.77. The zero-order valence-electron chi connectivity index (χ0n) is 12.5. The molecule has 0 saturated heterocycles. The van der Waals surface area contributed by atoms with Gasteiger partial charge in [0.15, 0.2) is 0 Å². The van der Waals surface area contributed by atoms with Crippen LogP contribution in [0.25, 0.3) is 0 Å². The number of rotatable bonds is 6. The van der Waals surface area contributed by atoms with Crippen LogP contribution in [0.5, 0.6) is 0 Å². The van der Waals surface area contributed by atoms with E-state index in [0.717, 1.165) is 24.0 Å². The summed E-state index contributed by atoms with van der Waals surface area (Å²) in [5.74, 6) is 0.478. The first kappa shape index (κ1) is 14.6. The number of hydrogen-bond acceptors (Lipinski definition) is 1. The lowest BCUT2D eigenvalue weighted by atomic mass is 9.91. The molecule has 1 saturated carbocycles. The van der Waals surface area contributed by atoms with Crippen molar-refractivity contribution >= 4 is 11.6 Å². The summed E-state index contributed by atoms with van der Waals surface area (Å²) in [6, 6.07) is 17.8. The van der Waals surface area contributed by atoms with Gasteiger partial charge in [0.1, 0.15) is 0 Å². The lowest BCUT2D eigenvalue weighted by molar-refractivity contribution is 0.577. The summed E-state index contributed by atoms with van der Waals surface area (Å²) in [6.07, 6.45) is 3.64. The van der Waals surface area contributed by atoms with Gasteiger partial charge in [0, 0.05) is 23.5 Å². The number of aryl methyl sites for hydroxylation is 1. The monoisotopic (exact) mass is 299 g/mol. The molecule has 1 N–H and O–H groups in total. The van der Waals surface area contributed by atoms with Crippen LogP contribution in [0.4, 0.5) is 0 Å². The average Bonchev–Trinajstić information content (AvgIpc) is 3.31. The minimum Gasteiger partial charge on any atom is -0.313 e. The van der Waals surface area contributed by atoms with Gasteiger partial charge in [-0.2, -0.15) is 0 Å². The predicted molar refractivity (Wildman–Crippen MR) is 90.1 cm³/mol. The van der Waals surface area contributed by atoms with Crippen molar-refractivity contribution in [3.63, 3.8) is 0 Å². The first-order valence-electron chi connectivity index (χ1n) is 7.76. The molecule has 1 fully saturated rings. The molecule has 1 unspecified atom stereocenters. The molecule has 0 heterocycles. The summed E-state index contributed by atoms with van der Waals surface area (Å²) in [5, 5.41) is 4.54. The van der Waals surface area contributed by atoms with Gasteiger partial charge in [-0.1, -0.05) is 59.6 Å². The van der Waals surface area contributed by atoms with E-state index in [2.05, 4.69) is 48.6 Å². The zero-order chi connectivity index (χ0) is 14.7. The molecule has 1 aliphatic carbocycles. The summed E-state index contributed by atoms with van der Waals surface area (Å²) in [6.45, 7) is 3.16. The van der Waals surface area contributed by atoms with Gasteiger partial charge in [-0.15, -0.1) is 0 Å². The van der Waals surface area contributed by atoms with Crippen LogP contribution in [0.3, 0.4) is 0 Å². The third kappa shape index (κ3) is 4.09. The first-order chi connectivity index (χ1) is 10.2. The highest BCUT2D eigenvalue weighted by atomic mass is 35.5. The van der Waals surface area contributed by atoms with Gasteiger partial charge in [0.05, 0.1) is 0 Å². The van der Waals surface area contributed by atoms with Crippen LogP contribution in [0.2, 0.25) is 5.02 Å². The Kier molecular flexibility index (Phi) is 4.62. The molecule has 0 radical (unpaired) electrons. The molecular formula is C19H22ClN. The highest BCUT2D eigenvalue weighted by molar-refractivity contribution is 6.31. The van der Waals surface area contributed by atoms with Crippen molar-refractivity contribution in [1.29, 1.82) is 0 Å². The van der Waals surface area contributed by atoms with E-state index >= 15 is 0 Å². The summed E-state index contributed by atoms with van der Waals surface area (Å²) in [4.78, 5) is 0. The van der Waals surface area contributed by atoms with E-state index in [9.17, 15) is 0 Å². The first-order valence-corrected chi connectivity index (χ1v) is 8.13. The molecule has 0 amide bonds. The Morgan fingerprint density at radius 2 is 1.81 bits per heavy atom. The molecule has 0 spiro atoms.